The van der Waals surface area contributed by atoms with Crippen molar-refractivity contribution in [2.24, 2.45) is 0 Å². The number of hydrogen-bond donors (Lipinski definition) is 0. The molecule has 0 amide bonds. The normalized spacial score (nSPS) is 10.7. The van der Waals surface area contributed by atoms with Crippen LogP contribution in [0, 0.1) is 0 Å². The van der Waals surface area contributed by atoms with E-state index in [4.69, 9.17) is 11.6 Å². The molecule has 27 heavy (non-hydrogen) atoms. The molecular formula is C19H16ClN7. The second-order valence-electron chi connectivity index (χ2n) is 5.95. The number of aromatic nitrogens is 6. The van der Waals surface area contributed by atoms with Crippen molar-refractivity contribution in [1.82, 2.24) is 29.7 Å². The first-order valence-corrected chi connectivity index (χ1v) is 8.67. The van der Waals surface area contributed by atoms with Crippen LogP contribution in [-0.2, 0) is 6.54 Å². The molecule has 134 valence electrons. The van der Waals surface area contributed by atoms with Crippen LogP contribution in [0.5, 0.6) is 0 Å². The zero-order valence-corrected chi connectivity index (χ0v) is 15.3. The van der Waals surface area contributed by atoms with E-state index in [1.807, 2.05) is 48.5 Å². The summed E-state index contributed by atoms with van der Waals surface area (Å²) in [5.74, 6) is 0.605. The summed E-state index contributed by atoms with van der Waals surface area (Å²) in [4.78, 5) is 19.3. The van der Waals surface area contributed by atoms with Gasteiger partial charge in [-0.1, -0.05) is 17.7 Å². The van der Waals surface area contributed by atoms with Gasteiger partial charge < -0.3 is 4.90 Å². The Balaban J connectivity index is 1.58. The summed E-state index contributed by atoms with van der Waals surface area (Å²) >= 11 is 6.06. The predicted octanol–water partition coefficient (Wildman–Crippen LogP) is 3.41. The molecular weight excluding hydrogens is 362 g/mol. The maximum absolute atomic E-state index is 6.06. The van der Waals surface area contributed by atoms with Crippen molar-refractivity contribution in [3.05, 3.63) is 78.2 Å². The molecule has 3 heterocycles. The van der Waals surface area contributed by atoms with E-state index < -0.39 is 0 Å². The topological polar surface area (TPSA) is 72.6 Å². The molecule has 0 aliphatic carbocycles. The molecule has 3 aromatic heterocycles. The Morgan fingerprint density at radius 2 is 2.00 bits per heavy atom. The molecule has 0 saturated heterocycles. The molecule has 0 aliphatic rings. The van der Waals surface area contributed by atoms with E-state index in [1.54, 1.807) is 35.7 Å². The lowest BCUT2D eigenvalue weighted by molar-refractivity contribution is 0.834. The van der Waals surface area contributed by atoms with E-state index in [1.165, 1.54) is 0 Å². The molecule has 0 unspecified atom stereocenters. The Morgan fingerprint density at radius 3 is 2.81 bits per heavy atom. The average Bonchev–Trinajstić information content (AvgIpc) is 3.19. The highest BCUT2D eigenvalue weighted by molar-refractivity contribution is 6.30. The SMILES string of the molecule is CN(Cc1cnccn1)c1nccc(-c2cnn(-c3cccc(Cl)c3)c2)n1. The van der Waals surface area contributed by atoms with Crippen LogP contribution in [-0.4, -0.2) is 36.8 Å². The summed E-state index contributed by atoms with van der Waals surface area (Å²) in [5.41, 5.74) is 3.43. The van der Waals surface area contributed by atoms with E-state index in [9.17, 15) is 0 Å². The van der Waals surface area contributed by atoms with E-state index in [-0.39, 0.29) is 0 Å². The quantitative estimate of drug-likeness (QED) is 0.530. The summed E-state index contributed by atoms with van der Waals surface area (Å²) in [6.07, 6.45) is 10.5. The molecule has 1 aromatic carbocycles. The summed E-state index contributed by atoms with van der Waals surface area (Å²) in [5, 5.41) is 5.08. The van der Waals surface area contributed by atoms with Gasteiger partial charge in [0.25, 0.3) is 0 Å². The fourth-order valence-corrected chi connectivity index (χ4v) is 2.82. The van der Waals surface area contributed by atoms with Gasteiger partial charge in [-0.15, -0.1) is 0 Å². The van der Waals surface area contributed by atoms with E-state index in [0.29, 0.717) is 17.5 Å². The zero-order valence-electron chi connectivity index (χ0n) is 14.6. The van der Waals surface area contributed by atoms with Crippen molar-refractivity contribution in [3.8, 4) is 16.9 Å². The van der Waals surface area contributed by atoms with Crippen LogP contribution in [0.1, 0.15) is 5.69 Å². The first-order valence-electron chi connectivity index (χ1n) is 8.29. The summed E-state index contributed by atoms with van der Waals surface area (Å²) in [7, 11) is 1.92. The van der Waals surface area contributed by atoms with Crippen molar-refractivity contribution in [2.45, 2.75) is 6.54 Å². The number of rotatable bonds is 5. The summed E-state index contributed by atoms with van der Waals surface area (Å²) in [6, 6.07) is 9.39. The fourth-order valence-electron chi connectivity index (χ4n) is 2.63. The van der Waals surface area contributed by atoms with Crippen LogP contribution in [0.25, 0.3) is 16.9 Å². The highest BCUT2D eigenvalue weighted by Crippen LogP contribution is 2.21. The molecule has 4 rings (SSSR count). The van der Waals surface area contributed by atoms with Gasteiger partial charge in [0.2, 0.25) is 5.95 Å². The van der Waals surface area contributed by atoms with Gasteiger partial charge in [0, 0.05) is 42.4 Å². The van der Waals surface area contributed by atoms with Crippen LogP contribution < -0.4 is 4.90 Å². The number of anilines is 1. The fraction of sp³-hybridized carbons (Fsp3) is 0.105. The highest BCUT2D eigenvalue weighted by atomic mass is 35.5. The predicted molar refractivity (Wildman–Crippen MR) is 104 cm³/mol. The van der Waals surface area contributed by atoms with Gasteiger partial charge in [-0.2, -0.15) is 5.10 Å². The minimum Gasteiger partial charge on any atom is -0.338 e. The van der Waals surface area contributed by atoms with Crippen molar-refractivity contribution in [1.29, 1.82) is 0 Å². The maximum Gasteiger partial charge on any atom is 0.225 e. The van der Waals surface area contributed by atoms with E-state index >= 15 is 0 Å². The van der Waals surface area contributed by atoms with Crippen molar-refractivity contribution >= 4 is 17.5 Å². The number of halogens is 1. The largest absolute Gasteiger partial charge is 0.338 e. The van der Waals surface area contributed by atoms with Crippen molar-refractivity contribution in [3.63, 3.8) is 0 Å². The van der Waals surface area contributed by atoms with E-state index in [0.717, 1.165) is 22.6 Å². The molecule has 0 N–H and O–H groups in total. The molecule has 0 spiro atoms. The van der Waals surface area contributed by atoms with Gasteiger partial charge in [-0.3, -0.25) is 9.97 Å². The van der Waals surface area contributed by atoms with Gasteiger partial charge in [0.05, 0.1) is 36.0 Å². The van der Waals surface area contributed by atoms with Gasteiger partial charge in [-0.25, -0.2) is 14.6 Å². The molecule has 8 heteroatoms. The van der Waals surface area contributed by atoms with Gasteiger partial charge in [0.1, 0.15) is 0 Å². The molecule has 0 bridgehead atoms. The third-order valence-corrected chi connectivity index (χ3v) is 4.19. The van der Waals surface area contributed by atoms with Gasteiger partial charge in [0.15, 0.2) is 0 Å². The molecule has 0 radical (unpaired) electrons. The Labute approximate surface area is 161 Å². The molecule has 4 aromatic rings. The number of nitrogens with zero attached hydrogens (tertiary/aromatic N) is 7. The van der Waals surface area contributed by atoms with Crippen molar-refractivity contribution in [2.75, 3.05) is 11.9 Å². The van der Waals surface area contributed by atoms with Crippen LogP contribution in [0.3, 0.4) is 0 Å². The molecule has 7 nitrogen and oxygen atoms in total. The third kappa shape index (κ3) is 3.93. The standard InChI is InChI=1S/C19H16ClN7/c1-26(13-16-11-21-7-8-22-16)19-23-6-5-18(25-19)14-10-24-27(12-14)17-4-2-3-15(20)9-17/h2-12H,13H2,1H3. The first kappa shape index (κ1) is 17.1. The average molecular weight is 378 g/mol. The third-order valence-electron chi connectivity index (χ3n) is 3.95. The van der Waals surface area contributed by atoms with Crippen LogP contribution >= 0.6 is 11.6 Å². The Morgan fingerprint density at radius 1 is 1.07 bits per heavy atom. The maximum atomic E-state index is 6.06. The van der Waals surface area contributed by atoms with Crippen LogP contribution in [0.4, 0.5) is 5.95 Å². The number of benzene rings is 1. The zero-order chi connectivity index (χ0) is 18.6. The van der Waals surface area contributed by atoms with E-state index in [2.05, 4.69) is 25.0 Å². The lowest BCUT2D eigenvalue weighted by Crippen LogP contribution is -2.20. The van der Waals surface area contributed by atoms with Crippen molar-refractivity contribution < 1.29 is 0 Å². The molecule has 0 fully saturated rings. The highest BCUT2D eigenvalue weighted by Gasteiger charge is 2.10. The minimum atomic E-state index is 0.569. The molecule has 0 atom stereocenters. The Bertz CT molecular complexity index is 1050. The lowest BCUT2D eigenvalue weighted by Gasteiger charge is -2.16. The lowest BCUT2D eigenvalue weighted by atomic mass is 10.2. The van der Waals surface area contributed by atoms with Crippen LogP contribution in [0.15, 0.2) is 67.5 Å². The monoisotopic (exact) mass is 377 g/mol. The molecule has 0 saturated carbocycles. The Hall–Kier alpha value is -3.32. The van der Waals surface area contributed by atoms with Crippen LogP contribution in [0.2, 0.25) is 5.02 Å². The van der Waals surface area contributed by atoms with Gasteiger partial charge in [-0.05, 0) is 24.3 Å². The van der Waals surface area contributed by atoms with Gasteiger partial charge >= 0.3 is 0 Å². The summed E-state index contributed by atoms with van der Waals surface area (Å²) in [6.45, 7) is 0.569. The smallest absolute Gasteiger partial charge is 0.225 e. The first-order chi connectivity index (χ1) is 13.2. The second kappa shape index (κ2) is 7.51. The molecule has 0 aliphatic heterocycles. The second-order valence-corrected chi connectivity index (χ2v) is 6.38. The Kier molecular flexibility index (Phi) is 4.76. The number of hydrogen-bond acceptors (Lipinski definition) is 6. The minimum absolute atomic E-state index is 0.569. The summed E-state index contributed by atoms with van der Waals surface area (Å²) < 4.78 is 1.77.